The predicted octanol–water partition coefficient (Wildman–Crippen LogP) is 2.45. The fourth-order valence-corrected chi connectivity index (χ4v) is 2.88. The minimum Gasteiger partial charge on any atom is -0.481 e. The van der Waals surface area contributed by atoms with Gasteiger partial charge in [-0.15, -0.1) is 0 Å². The number of amides is 1. The van der Waals surface area contributed by atoms with Gasteiger partial charge in [-0.1, -0.05) is 18.2 Å². The average Bonchev–Trinajstić information content (AvgIpc) is 2.67. The van der Waals surface area contributed by atoms with Crippen molar-refractivity contribution < 1.29 is 9.53 Å². The zero-order chi connectivity index (χ0) is 16.8. The Balaban J connectivity index is 1.47. The summed E-state index contributed by atoms with van der Waals surface area (Å²) in [5, 5.41) is 3.26. The van der Waals surface area contributed by atoms with E-state index in [0.29, 0.717) is 17.7 Å². The van der Waals surface area contributed by atoms with Gasteiger partial charge in [0.25, 0.3) is 5.91 Å². The highest BCUT2D eigenvalue weighted by Crippen LogP contribution is 2.19. The molecule has 0 spiro atoms. The van der Waals surface area contributed by atoms with Crippen molar-refractivity contribution in [3.05, 3.63) is 48.2 Å². The lowest BCUT2D eigenvalue weighted by molar-refractivity contribution is 0.0695. The third-order valence-electron chi connectivity index (χ3n) is 4.31. The van der Waals surface area contributed by atoms with Crippen molar-refractivity contribution >= 4 is 11.9 Å². The molecule has 1 N–H and O–H groups in total. The molecule has 1 saturated heterocycles. The molecule has 1 amide bonds. The molecule has 1 aromatic carbocycles. The molecule has 1 aliphatic rings. The molecule has 0 aliphatic carbocycles. The second-order valence-electron chi connectivity index (χ2n) is 5.91. The Morgan fingerprint density at radius 2 is 2.00 bits per heavy atom. The molecule has 24 heavy (non-hydrogen) atoms. The zero-order valence-electron chi connectivity index (χ0n) is 13.8. The predicted molar refractivity (Wildman–Crippen MR) is 92.1 cm³/mol. The normalized spacial score (nSPS) is 15.1. The van der Waals surface area contributed by atoms with Crippen LogP contribution in [-0.2, 0) is 0 Å². The van der Waals surface area contributed by atoms with Crippen LogP contribution in [0, 0.1) is 5.92 Å². The third-order valence-corrected chi connectivity index (χ3v) is 4.31. The molecule has 0 atom stereocenters. The van der Waals surface area contributed by atoms with Crippen molar-refractivity contribution in [2.24, 2.45) is 5.92 Å². The highest BCUT2D eigenvalue weighted by molar-refractivity contribution is 5.94. The monoisotopic (exact) mass is 326 g/mol. The van der Waals surface area contributed by atoms with Crippen molar-refractivity contribution in [2.45, 2.75) is 12.8 Å². The largest absolute Gasteiger partial charge is 0.481 e. The van der Waals surface area contributed by atoms with Gasteiger partial charge >= 0.3 is 0 Å². The topological polar surface area (TPSA) is 67.3 Å². The Labute approximate surface area is 141 Å². The van der Waals surface area contributed by atoms with E-state index in [1.165, 1.54) is 0 Å². The van der Waals surface area contributed by atoms with Gasteiger partial charge in [0.05, 0.1) is 7.11 Å². The summed E-state index contributed by atoms with van der Waals surface area (Å²) in [5.74, 6) is 1.77. The lowest BCUT2D eigenvalue weighted by Crippen LogP contribution is -2.39. The Morgan fingerprint density at radius 1 is 1.25 bits per heavy atom. The molecule has 6 heteroatoms. The lowest BCUT2D eigenvalue weighted by Gasteiger charge is -2.32. The number of hydrogen-bond donors (Lipinski definition) is 1. The molecule has 2 aromatic rings. The number of benzene rings is 1. The van der Waals surface area contributed by atoms with Crippen molar-refractivity contribution in [1.29, 1.82) is 0 Å². The number of anilines is 1. The maximum Gasteiger partial charge on any atom is 0.253 e. The van der Waals surface area contributed by atoms with E-state index >= 15 is 0 Å². The summed E-state index contributed by atoms with van der Waals surface area (Å²) < 4.78 is 5.09. The number of carbonyl (C=O) groups is 1. The average molecular weight is 326 g/mol. The number of piperidine rings is 1. The molecule has 1 fully saturated rings. The van der Waals surface area contributed by atoms with Crippen molar-refractivity contribution in [3.63, 3.8) is 0 Å². The van der Waals surface area contributed by atoms with Crippen LogP contribution in [0.1, 0.15) is 23.2 Å². The van der Waals surface area contributed by atoms with Crippen molar-refractivity contribution in [2.75, 3.05) is 32.1 Å². The molecule has 0 bridgehead atoms. The van der Waals surface area contributed by atoms with E-state index < -0.39 is 0 Å². The second-order valence-corrected chi connectivity index (χ2v) is 5.91. The summed E-state index contributed by atoms with van der Waals surface area (Å²) in [6.07, 6.45) is 3.64. The number of carbonyl (C=O) groups excluding carboxylic acids is 1. The van der Waals surface area contributed by atoms with E-state index in [1.807, 2.05) is 35.2 Å². The number of aromatic nitrogens is 2. The molecule has 3 rings (SSSR count). The molecule has 6 nitrogen and oxygen atoms in total. The van der Waals surface area contributed by atoms with Gasteiger partial charge in [0, 0.05) is 37.5 Å². The van der Waals surface area contributed by atoms with Crippen LogP contribution in [0.3, 0.4) is 0 Å². The van der Waals surface area contributed by atoms with Gasteiger partial charge in [0.2, 0.25) is 11.8 Å². The van der Waals surface area contributed by atoms with E-state index in [0.717, 1.165) is 38.0 Å². The van der Waals surface area contributed by atoms with Crippen LogP contribution in [0.4, 0.5) is 5.95 Å². The van der Waals surface area contributed by atoms with Crippen LogP contribution >= 0.6 is 0 Å². The number of nitrogens with zero attached hydrogens (tertiary/aromatic N) is 3. The quantitative estimate of drug-likeness (QED) is 0.914. The smallest absolute Gasteiger partial charge is 0.253 e. The molecular formula is C18H22N4O2. The first-order valence-corrected chi connectivity index (χ1v) is 8.21. The first kappa shape index (κ1) is 16.2. The number of methoxy groups -OCH3 is 1. The van der Waals surface area contributed by atoms with Crippen LogP contribution in [0.15, 0.2) is 42.6 Å². The van der Waals surface area contributed by atoms with Crippen LogP contribution in [-0.4, -0.2) is 47.5 Å². The van der Waals surface area contributed by atoms with Crippen LogP contribution in [0.2, 0.25) is 0 Å². The van der Waals surface area contributed by atoms with E-state index in [2.05, 4.69) is 15.3 Å². The highest BCUT2D eigenvalue weighted by atomic mass is 16.5. The maximum atomic E-state index is 12.4. The van der Waals surface area contributed by atoms with E-state index in [4.69, 9.17) is 4.74 Å². The minimum absolute atomic E-state index is 0.123. The number of ether oxygens (including phenoxy) is 1. The van der Waals surface area contributed by atoms with Crippen molar-refractivity contribution in [1.82, 2.24) is 14.9 Å². The molecule has 2 heterocycles. The third kappa shape index (κ3) is 4.01. The van der Waals surface area contributed by atoms with Crippen LogP contribution in [0.5, 0.6) is 5.88 Å². The van der Waals surface area contributed by atoms with Crippen molar-refractivity contribution in [3.8, 4) is 5.88 Å². The van der Waals surface area contributed by atoms with Gasteiger partial charge in [-0.25, -0.2) is 4.98 Å². The maximum absolute atomic E-state index is 12.4. The molecule has 1 aliphatic heterocycles. The van der Waals surface area contributed by atoms with Gasteiger partial charge in [0.1, 0.15) is 0 Å². The molecule has 0 saturated carbocycles. The second kappa shape index (κ2) is 7.77. The standard InChI is InChI=1S/C18H22N4O2/c1-24-16-7-10-19-18(21-16)20-13-14-8-11-22(12-9-14)17(23)15-5-3-2-4-6-15/h2-7,10,14H,8-9,11-13H2,1H3,(H,19,20,21). The van der Waals surface area contributed by atoms with Gasteiger partial charge < -0.3 is 15.0 Å². The molecule has 126 valence electrons. The highest BCUT2D eigenvalue weighted by Gasteiger charge is 2.23. The fraction of sp³-hybridized carbons (Fsp3) is 0.389. The zero-order valence-corrected chi connectivity index (χ0v) is 13.8. The Kier molecular flexibility index (Phi) is 5.25. The molecule has 0 unspecified atom stereocenters. The SMILES string of the molecule is COc1ccnc(NCC2CCN(C(=O)c3ccccc3)CC2)n1. The van der Waals surface area contributed by atoms with Gasteiger partial charge in [-0.05, 0) is 30.9 Å². The number of likely N-dealkylation sites (tertiary alicyclic amines) is 1. The summed E-state index contributed by atoms with van der Waals surface area (Å²) >= 11 is 0. The Bertz CT molecular complexity index is 670. The number of hydrogen-bond acceptors (Lipinski definition) is 5. The molecular weight excluding hydrogens is 304 g/mol. The number of nitrogens with one attached hydrogen (secondary N) is 1. The minimum atomic E-state index is 0.123. The van der Waals surface area contributed by atoms with E-state index in [-0.39, 0.29) is 5.91 Å². The van der Waals surface area contributed by atoms with E-state index in [9.17, 15) is 4.79 Å². The summed E-state index contributed by atoms with van der Waals surface area (Å²) in [5.41, 5.74) is 0.763. The Hall–Kier alpha value is -2.63. The first-order valence-electron chi connectivity index (χ1n) is 8.21. The summed E-state index contributed by atoms with van der Waals surface area (Å²) in [4.78, 5) is 22.8. The first-order chi connectivity index (χ1) is 11.8. The lowest BCUT2D eigenvalue weighted by atomic mass is 9.96. The Morgan fingerprint density at radius 3 is 2.71 bits per heavy atom. The summed E-state index contributed by atoms with van der Waals surface area (Å²) in [6.45, 7) is 2.39. The molecule has 0 radical (unpaired) electrons. The summed E-state index contributed by atoms with van der Waals surface area (Å²) in [6, 6.07) is 11.2. The van der Waals surface area contributed by atoms with Gasteiger partial charge in [-0.2, -0.15) is 4.98 Å². The summed E-state index contributed by atoms with van der Waals surface area (Å²) in [7, 11) is 1.59. The molecule has 1 aromatic heterocycles. The van der Waals surface area contributed by atoms with Gasteiger partial charge in [-0.3, -0.25) is 4.79 Å². The fourth-order valence-electron chi connectivity index (χ4n) is 2.88. The van der Waals surface area contributed by atoms with Crippen LogP contribution < -0.4 is 10.1 Å². The van der Waals surface area contributed by atoms with E-state index in [1.54, 1.807) is 19.4 Å². The van der Waals surface area contributed by atoms with Gasteiger partial charge in [0.15, 0.2) is 0 Å². The van der Waals surface area contributed by atoms with Crippen LogP contribution in [0.25, 0.3) is 0 Å². The number of rotatable bonds is 5.